The lowest BCUT2D eigenvalue weighted by molar-refractivity contribution is 0.0962. The molecule has 6 nitrogen and oxygen atoms in total. The number of aliphatic hydroxyl groups excluding tert-OH is 1. The zero-order valence-electron chi connectivity index (χ0n) is 17.8. The number of nitrogens with zero attached hydrogens (tertiary/aromatic N) is 3. The molecule has 164 valence electrons. The molecule has 0 amide bonds. The highest BCUT2D eigenvalue weighted by atomic mass is 32.2. The van der Waals surface area contributed by atoms with E-state index in [2.05, 4.69) is 9.80 Å². The molecule has 2 fully saturated rings. The molecule has 0 aromatic heterocycles. The van der Waals surface area contributed by atoms with Gasteiger partial charge in [0.15, 0.2) is 0 Å². The fourth-order valence-corrected chi connectivity index (χ4v) is 5.96. The van der Waals surface area contributed by atoms with Crippen molar-refractivity contribution in [1.29, 1.82) is 0 Å². The molecule has 1 aromatic rings. The molecular weight excluding hydrogens is 398 g/mol. The largest absolute Gasteiger partial charge is 0.510 e. The molecular formula is C23H33N3O3S. The van der Waals surface area contributed by atoms with Crippen LogP contribution in [0.5, 0.6) is 0 Å². The maximum atomic E-state index is 12.9. The minimum atomic E-state index is -3.65. The molecule has 0 aliphatic carbocycles. The quantitative estimate of drug-likeness (QED) is 0.775. The number of benzene rings is 1. The third kappa shape index (κ3) is 4.74. The first kappa shape index (κ1) is 21.4. The molecule has 2 saturated heterocycles. The van der Waals surface area contributed by atoms with E-state index in [0.29, 0.717) is 12.6 Å². The number of aryl methyl sites for hydroxylation is 1. The number of hydrogen-bond acceptors (Lipinski definition) is 5. The van der Waals surface area contributed by atoms with Crippen LogP contribution in [-0.4, -0.2) is 72.9 Å². The molecule has 4 rings (SSSR count). The summed E-state index contributed by atoms with van der Waals surface area (Å²) in [6.45, 7) is 7.12. The normalized spacial score (nSPS) is 22.6. The van der Waals surface area contributed by atoms with Gasteiger partial charge in [-0.15, -0.1) is 0 Å². The van der Waals surface area contributed by atoms with Gasteiger partial charge in [-0.2, -0.15) is 0 Å². The lowest BCUT2D eigenvalue weighted by Crippen LogP contribution is -2.47. The van der Waals surface area contributed by atoms with E-state index in [4.69, 9.17) is 0 Å². The smallest absolute Gasteiger partial charge is 0.264 e. The molecule has 1 aromatic carbocycles. The first-order valence-corrected chi connectivity index (χ1v) is 12.5. The Morgan fingerprint density at radius 3 is 2.30 bits per heavy atom. The van der Waals surface area contributed by atoms with Gasteiger partial charge in [-0.1, -0.05) is 24.1 Å². The summed E-state index contributed by atoms with van der Waals surface area (Å²) in [5.41, 5.74) is 1.83. The summed E-state index contributed by atoms with van der Waals surface area (Å²) in [7, 11) is -3.65. The lowest BCUT2D eigenvalue weighted by Gasteiger charge is -2.40. The van der Waals surface area contributed by atoms with Crippen molar-refractivity contribution in [2.75, 3.05) is 39.3 Å². The van der Waals surface area contributed by atoms with Crippen molar-refractivity contribution >= 4 is 10.0 Å². The Hall–Kier alpha value is -1.83. The molecule has 0 spiro atoms. The summed E-state index contributed by atoms with van der Waals surface area (Å²) in [6, 6.07) is 7.49. The number of sulfonamides is 1. The highest BCUT2D eigenvalue weighted by Crippen LogP contribution is 2.25. The Kier molecular flexibility index (Phi) is 6.51. The van der Waals surface area contributed by atoms with Gasteiger partial charge < -0.3 is 10.0 Å². The first-order valence-electron chi connectivity index (χ1n) is 11.1. The first-order chi connectivity index (χ1) is 14.4. The van der Waals surface area contributed by atoms with Crippen molar-refractivity contribution in [3.8, 4) is 0 Å². The third-order valence-electron chi connectivity index (χ3n) is 6.60. The van der Waals surface area contributed by atoms with Gasteiger partial charge in [0.25, 0.3) is 10.0 Å². The van der Waals surface area contributed by atoms with E-state index >= 15 is 0 Å². The van der Waals surface area contributed by atoms with Crippen LogP contribution in [0.4, 0.5) is 0 Å². The van der Waals surface area contributed by atoms with E-state index in [1.165, 1.54) is 49.5 Å². The van der Waals surface area contributed by atoms with E-state index in [-0.39, 0.29) is 17.2 Å². The van der Waals surface area contributed by atoms with Crippen LogP contribution in [-0.2, 0) is 10.0 Å². The Morgan fingerprint density at radius 2 is 1.67 bits per heavy atom. The van der Waals surface area contributed by atoms with Gasteiger partial charge in [-0.05, 0) is 77.0 Å². The summed E-state index contributed by atoms with van der Waals surface area (Å²) in [4.78, 5) is 5.28. The molecule has 0 unspecified atom stereocenters. The van der Waals surface area contributed by atoms with Crippen molar-refractivity contribution in [3.63, 3.8) is 0 Å². The highest BCUT2D eigenvalue weighted by Gasteiger charge is 2.28. The molecule has 3 heterocycles. The van der Waals surface area contributed by atoms with Crippen LogP contribution in [0.1, 0.15) is 37.7 Å². The van der Waals surface area contributed by atoms with Gasteiger partial charge in [-0.25, -0.2) is 8.42 Å². The van der Waals surface area contributed by atoms with Crippen LogP contribution >= 0.6 is 0 Å². The standard InChI is InChI=1S/C23H33N3O3S/c1-19-5-7-22(8-6-19)30(28,29)26-16-9-20(23(27)18-26)17-24-14-10-21(11-15-24)25-12-3-2-4-13-25/h5-9,16,21,27H,2-4,10-15,17-18H2,1H3. The Bertz CT molecular complexity index is 894. The van der Waals surface area contributed by atoms with Crippen molar-refractivity contribution < 1.29 is 13.5 Å². The number of hydrogen-bond donors (Lipinski definition) is 1. The minimum Gasteiger partial charge on any atom is -0.510 e. The zero-order chi connectivity index (χ0) is 21.1. The van der Waals surface area contributed by atoms with Crippen molar-refractivity contribution in [2.24, 2.45) is 0 Å². The number of aliphatic hydroxyl groups is 1. The fourth-order valence-electron chi connectivity index (χ4n) is 4.69. The van der Waals surface area contributed by atoms with Gasteiger partial charge >= 0.3 is 0 Å². The second kappa shape index (κ2) is 9.12. The van der Waals surface area contributed by atoms with E-state index in [9.17, 15) is 13.5 Å². The van der Waals surface area contributed by atoms with Crippen LogP contribution in [0, 0.1) is 6.92 Å². The summed E-state index contributed by atoms with van der Waals surface area (Å²) in [6.07, 6.45) is 9.71. The van der Waals surface area contributed by atoms with Crippen LogP contribution in [0.15, 0.2) is 52.8 Å². The van der Waals surface area contributed by atoms with E-state index in [1.807, 2.05) is 6.92 Å². The number of likely N-dealkylation sites (tertiary alicyclic amines) is 2. The monoisotopic (exact) mass is 431 g/mol. The predicted octanol–water partition coefficient (Wildman–Crippen LogP) is 3.28. The fraction of sp³-hybridized carbons (Fsp3) is 0.565. The molecule has 0 bridgehead atoms. The zero-order valence-corrected chi connectivity index (χ0v) is 18.6. The second-order valence-electron chi connectivity index (χ2n) is 8.75. The van der Waals surface area contributed by atoms with Gasteiger partial charge in [0.2, 0.25) is 0 Å². The van der Waals surface area contributed by atoms with E-state index in [1.54, 1.807) is 36.5 Å². The van der Waals surface area contributed by atoms with Crippen molar-refractivity contribution in [2.45, 2.75) is 50.0 Å². The van der Waals surface area contributed by atoms with Gasteiger partial charge in [0.1, 0.15) is 5.76 Å². The topological polar surface area (TPSA) is 64.1 Å². The molecule has 0 radical (unpaired) electrons. The SMILES string of the molecule is Cc1ccc(S(=O)(=O)N2C=CC(CN3CCC(N4CCCCC4)CC3)=C(O)C2)cc1. The van der Waals surface area contributed by atoms with Crippen molar-refractivity contribution in [1.82, 2.24) is 14.1 Å². The van der Waals surface area contributed by atoms with Crippen LogP contribution < -0.4 is 0 Å². The summed E-state index contributed by atoms with van der Waals surface area (Å²) >= 11 is 0. The van der Waals surface area contributed by atoms with Crippen LogP contribution in [0.2, 0.25) is 0 Å². The number of piperidine rings is 2. The minimum absolute atomic E-state index is 0.00765. The Labute approximate surface area is 180 Å². The third-order valence-corrected chi connectivity index (χ3v) is 8.34. The summed E-state index contributed by atoms with van der Waals surface area (Å²) in [5.74, 6) is 0.145. The average Bonchev–Trinajstić information content (AvgIpc) is 2.76. The van der Waals surface area contributed by atoms with Gasteiger partial charge in [-0.3, -0.25) is 9.21 Å². The predicted molar refractivity (Wildman–Crippen MR) is 119 cm³/mol. The van der Waals surface area contributed by atoms with E-state index in [0.717, 1.165) is 24.2 Å². The van der Waals surface area contributed by atoms with Gasteiger partial charge in [0.05, 0.1) is 11.4 Å². The Balaban J connectivity index is 1.33. The molecule has 1 N–H and O–H groups in total. The molecule has 3 aliphatic rings. The molecule has 3 aliphatic heterocycles. The van der Waals surface area contributed by atoms with Crippen LogP contribution in [0.25, 0.3) is 0 Å². The second-order valence-corrected chi connectivity index (χ2v) is 10.6. The summed E-state index contributed by atoms with van der Waals surface area (Å²) in [5, 5.41) is 10.6. The maximum absolute atomic E-state index is 12.9. The Morgan fingerprint density at radius 1 is 1.00 bits per heavy atom. The maximum Gasteiger partial charge on any atom is 0.264 e. The van der Waals surface area contributed by atoms with Gasteiger partial charge in [0, 0.05) is 24.4 Å². The lowest BCUT2D eigenvalue weighted by atomic mass is 9.99. The summed E-state index contributed by atoms with van der Waals surface area (Å²) < 4.78 is 26.9. The average molecular weight is 432 g/mol. The van der Waals surface area contributed by atoms with E-state index < -0.39 is 10.0 Å². The molecule has 0 atom stereocenters. The molecule has 0 saturated carbocycles. The van der Waals surface area contributed by atoms with Crippen LogP contribution in [0.3, 0.4) is 0 Å². The highest BCUT2D eigenvalue weighted by molar-refractivity contribution is 7.89. The molecule has 30 heavy (non-hydrogen) atoms. The van der Waals surface area contributed by atoms with Crippen molar-refractivity contribution in [3.05, 3.63) is 53.4 Å². The molecule has 7 heteroatoms. The number of rotatable bonds is 5.